The molecule has 8 heterocycles. The number of carbonyl (C=O) groups excluding carboxylic acids is 1. The smallest absolute Gasteiger partial charge is 0.329 e. The van der Waals surface area contributed by atoms with Crippen LogP contribution in [0.1, 0.15) is 22.8 Å². The van der Waals surface area contributed by atoms with Gasteiger partial charge >= 0.3 is 12.2 Å². The predicted octanol–water partition coefficient (Wildman–Crippen LogP) is 9.33. The third kappa shape index (κ3) is 9.39. The maximum absolute atomic E-state index is 12.3. The van der Waals surface area contributed by atoms with Crippen molar-refractivity contribution in [2.24, 2.45) is 0 Å². The number of carbonyl (C=O) groups is 1. The fourth-order valence-corrected chi connectivity index (χ4v) is 7.03. The molecule has 0 aliphatic rings. The second-order valence-corrected chi connectivity index (χ2v) is 15.2. The summed E-state index contributed by atoms with van der Waals surface area (Å²) in [4.78, 5) is 24.7. The predicted molar refractivity (Wildman–Crippen MR) is 228 cm³/mol. The summed E-state index contributed by atoms with van der Waals surface area (Å²) in [6.07, 6.45) is 8.65. The van der Waals surface area contributed by atoms with Crippen molar-refractivity contribution in [2.75, 3.05) is 11.9 Å². The number of rotatable bonds is 5. The van der Waals surface area contributed by atoms with Crippen LogP contribution in [-0.2, 0) is 0 Å². The highest BCUT2D eigenvalue weighted by atomic mass is 127. The molecule has 1 aromatic carbocycles. The maximum atomic E-state index is 12.3. The van der Waals surface area contributed by atoms with Crippen molar-refractivity contribution in [1.29, 1.82) is 0 Å². The average molecular weight is 964 g/mol. The van der Waals surface area contributed by atoms with Gasteiger partial charge in [0.25, 0.3) is 0 Å². The van der Waals surface area contributed by atoms with Gasteiger partial charge in [0.1, 0.15) is 27.2 Å². The van der Waals surface area contributed by atoms with Crippen molar-refractivity contribution in [3.05, 3.63) is 147 Å². The van der Waals surface area contributed by atoms with Crippen LogP contribution in [0.4, 0.5) is 23.7 Å². The summed E-state index contributed by atoms with van der Waals surface area (Å²) in [6, 6.07) is 21.8. The molecule has 9 aromatic rings. The zero-order chi connectivity index (χ0) is 41.1. The molecule has 0 bridgehead atoms. The Hall–Kier alpha value is -6.02. The van der Waals surface area contributed by atoms with Gasteiger partial charge in [0.15, 0.2) is 0 Å². The van der Waals surface area contributed by atoms with E-state index in [0.717, 1.165) is 64.9 Å². The van der Waals surface area contributed by atoms with Gasteiger partial charge in [-0.3, -0.25) is 8.80 Å². The Kier molecular flexibility index (Phi) is 11.7. The van der Waals surface area contributed by atoms with E-state index in [1.165, 1.54) is 0 Å². The summed E-state index contributed by atoms with van der Waals surface area (Å²) in [7, 11) is 0. The van der Waals surface area contributed by atoms with Crippen molar-refractivity contribution in [3.63, 3.8) is 0 Å². The highest BCUT2D eigenvalue weighted by molar-refractivity contribution is 14.1. The molecule has 18 heteroatoms. The van der Waals surface area contributed by atoms with Crippen LogP contribution in [-0.4, -0.2) is 66.5 Å². The number of imidazole rings is 3. The number of nitrogens with one attached hydrogen (secondary N) is 2. The van der Waals surface area contributed by atoms with E-state index in [1.54, 1.807) is 35.9 Å². The number of fused-ring (bicyclic) bond motifs is 3. The van der Waals surface area contributed by atoms with Gasteiger partial charge in [-0.2, -0.15) is 23.4 Å². The molecule has 0 radical (unpaired) electrons. The number of benzene rings is 1. The molecule has 0 spiro atoms. The number of hydrogen-bond donors (Lipinski definition) is 2. The Balaban J connectivity index is 0.000000156. The molecule has 13 nitrogen and oxygen atoms in total. The molecule has 2 amide bonds. The van der Waals surface area contributed by atoms with Crippen LogP contribution in [0.2, 0.25) is 0 Å². The molecule has 0 aliphatic carbocycles. The first-order chi connectivity index (χ1) is 27.7. The lowest BCUT2D eigenvalue weighted by molar-refractivity contribution is -0.122. The minimum absolute atomic E-state index is 0.367. The Labute approximate surface area is 351 Å². The number of nitrogens with zero attached hydrogens (tertiary/aromatic N) is 10. The third-order valence-electron chi connectivity index (χ3n) is 8.68. The molecular formula is C40H35BrF3IN12O. The monoisotopic (exact) mass is 962 g/mol. The number of hydrogen-bond acceptors (Lipinski definition) is 6. The Morgan fingerprint density at radius 2 is 1.38 bits per heavy atom. The molecule has 296 valence electrons. The molecule has 0 saturated heterocycles. The molecule has 9 rings (SSSR count). The van der Waals surface area contributed by atoms with Gasteiger partial charge < -0.3 is 15.0 Å². The summed E-state index contributed by atoms with van der Waals surface area (Å²) in [6.45, 7) is 6.56. The molecule has 0 saturated carbocycles. The third-order valence-corrected chi connectivity index (χ3v) is 9.97. The van der Waals surface area contributed by atoms with Gasteiger partial charge in [0, 0.05) is 70.2 Å². The molecular weight excluding hydrogens is 928 g/mol. The van der Waals surface area contributed by atoms with E-state index < -0.39 is 18.8 Å². The maximum Gasteiger partial charge on any atom is 0.405 e. The van der Waals surface area contributed by atoms with Gasteiger partial charge in [0.05, 0.1) is 40.9 Å². The Morgan fingerprint density at radius 1 is 0.741 bits per heavy atom. The Bertz CT molecular complexity index is 2890. The van der Waals surface area contributed by atoms with E-state index in [9.17, 15) is 18.0 Å². The van der Waals surface area contributed by atoms with Crippen LogP contribution in [0.15, 0.2) is 121 Å². The zero-order valence-corrected chi connectivity index (χ0v) is 35.2. The number of urea groups is 1. The number of pyridine rings is 3. The average Bonchev–Trinajstić information content (AvgIpc) is 4.02. The van der Waals surface area contributed by atoms with Gasteiger partial charge in [-0.05, 0) is 98.8 Å². The quantitative estimate of drug-likeness (QED) is 0.166. The lowest BCUT2D eigenvalue weighted by Crippen LogP contribution is -2.36. The van der Waals surface area contributed by atoms with E-state index in [1.807, 2.05) is 112 Å². The van der Waals surface area contributed by atoms with Gasteiger partial charge in [-0.15, -0.1) is 0 Å². The standard InChI is InChI=1S/C21H19F3N6O.C12H11IN4.C7H5BrN2/c1-13-8-14(2)30(28-13)17-6-7-29-18(11-25-19(29)10-17)15-4-3-5-16(9-15)27-20(31)26-12-21(22,23)24;1-8-5-9(2)17(15-8)10-3-4-16-11(13)7-14-12(16)6-10;8-6-1-3-10-4-2-9-7(10)5-6/h3-11H,12H2,1-2H3,(H2,26,27,31);3-7H,1-2H3;1-5H. The minimum atomic E-state index is -4.47. The lowest BCUT2D eigenvalue weighted by Gasteiger charge is -2.11. The fourth-order valence-electron chi connectivity index (χ4n) is 6.16. The summed E-state index contributed by atoms with van der Waals surface area (Å²) in [5.41, 5.74) is 10.5. The fraction of sp³-hybridized carbons (Fsp3) is 0.150. The Morgan fingerprint density at radius 3 is 2.02 bits per heavy atom. The lowest BCUT2D eigenvalue weighted by atomic mass is 10.1. The number of halogens is 5. The summed E-state index contributed by atoms with van der Waals surface area (Å²) in [5, 5.41) is 13.2. The first-order valence-corrected chi connectivity index (χ1v) is 19.6. The van der Waals surface area contributed by atoms with Crippen molar-refractivity contribution in [2.45, 2.75) is 33.9 Å². The minimum Gasteiger partial charge on any atom is -0.329 e. The largest absolute Gasteiger partial charge is 0.405 e. The van der Waals surface area contributed by atoms with Crippen molar-refractivity contribution in [1.82, 2.24) is 53.0 Å². The highest BCUT2D eigenvalue weighted by Crippen LogP contribution is 2.25. The van der Waals surface area contributed by atoms with Crippen molar-refractivity contribution < 1.29 is 18.0 Å². The van der Waals surface area contributed by atoms with E-state index in [-0.39, 0.29) is 0 Å². The van der Waals surface area contributed by atoms with Crippen LogP contribution < -0.4 is 10.6 Å². The molecule has 58 heavy (non-hydrogen) atoms. The van der Waals surface area contributed by atoms with Crippen LogP contribution >= 0.6 is 38.5 Å². The highest BCUT2D eigenvalue weighted by Gasteiger charge is 2.27. The first-order valence-electron chi connectivity index (χ1n) is 17.7. The van der Waals surface area contributed by atoms with Crippen molar-refractivity contribution in [3.8, 4) is 22.6 Å². The molecule has 0 fully saturated rings. The summed E-state index contributed by atoms with van der Waals surface area (Å²) in [5.74, 6) is 0. The van der Waals surface area contributed by atoms with E-state index in [4.69, 9.17) is 0 Å². The van der Waals surface area contributed by atoms with Gasteiger partial charge in [-0.25, -0.2) is 29.1 Å². The number of anilines is 1. The first kappa shape index (κ1) is 40.2. The van der Waals surface area contributed by atoms with Crippen LogP contribution in [0.3, 0.4) is 0 Å². The topological polar surface area (TPSA) is 129 Å². The number of amides is 2. The van der Waals surface area contributed by atoms with E-state index in [2.05, 4.69) is 92.4 Å². The second-order valence-electron chi connectivity index (χ2n) is 13.2. The van der Waals surface area contributed by atoms with Gasteiger partial charge in [-0.1, -0.05) is 28.1 Å². The molecule has 2 N–H and O–H groups in total. The normalized spacial score (nSPS) is 11.3. The van der Waals surface area contributed by atoms with Crippen LogP contribution in [0.5, 0.6) is 0 Å². The SMILES string of the molecule is Brc1ccn2ccnc2c1.Cc1cc(C)n(-c2ccn3c(-c4cccc(NC(=O)NCC(F)(F)F)c4)cnc3c2)n1.Cc1cc(C)n(-c2ccn3c(I)cnc3c2)n1. The summed E-state index contributed by atoms with van der Waals surface area (Å²) < 4.78 is 48.6. The van der Waals surface area contributed by atoms with E-state index in [0.29, 0.717) is 11.3 Å². The number of aryl methyl sites for hydroxylation is 4. The molecule has 0 aliphatic heterocycles. The molecule has 0 unspecified atom stereocenters. The number of aromatic nitrogens is 10. The number of alkyl halides is 3. The molecule has 0 atom stereocenters. The molecule has 8 aromatic heterocycles. The summed E-state index contributed by atoms with van der Waals surface area (Å²) >= 11 is 5.63. The second kappa shape index (κ2) is 16.8. The van der Waals surface area contributed by atoms with Crippen LogP contribution in [0.25, 0.3) is 39.6 Å². The van der Waals surface area contributed by atoms with E-state index >= 15 is 0 Å². The van der Waals surface area contributed by atoms with Crippen LogP contribution in [0, 0.1) is 31.4 Å². The zero-order valence-electron chi connectivity index (χ0n) is 31.4. The van der Waals surface area contributed by atoms with Gasteiger partial charge in [0.2, 0.25) is 0 Å². The van der Waals surface area contributed by atoms with Crippen molar-refractivity contribution >= 4 is 67.2 Å².